The lowest BCUT2D eigenvalue weighted by atomic mass is 10.1. The Morgan fingerprint density at radius 1 is 0.966 bits per heavy atom. The van der Waals surface area contributed by atoms with Crippen molar-refractivity contribution < 1.29 is 32.6 Å². The van der Waals surface area contributed by atoms with Gasteiger partial charge in [0.1, 0.15) is 0 Å². The van der Waals surface area contributed by atoms with Gasteiger partial charge >= 0.3 is 6.61 Å². The molecule has 2 aromatic carbocycles. The van der Waals surface area contributed by atoms with Crippen molar-refractivity contribution in [1.29, 1.82) is 0 Å². The molecule has 0 bridgehead atoms. The molecule has 154 valence electrons. The molecule has 0 aliphatic heterocycles. The first kappa shape index (κ1) is 21.6. The molecule has 0 radical (unpaired) electrons. The molecular formula is C19H19F2N3O5. The SMILES string of the molecule is COc1ccc(C(=O)NCc2ccc(C(=O)NCC(N)=O)cc2)cc1OC(F)F. The molecule has 0 heterocycles. The Morgan fingerprint density at radius 3 is 2.17 bits per heavy atom. The van der Waals surface area contributed by atoms with E-state index in [9.17, 15) is 23.2 Å². The Morgan fingerprint density at radius 2 is 1.59 bits per heavy atom. The lowest BCUT2D eigenvalue weighted by Gasteiger charge is -2.12. The minimum Gasteiger partial charge on any atom is -0.493 e. The number of nitrogens with one attached hydrogen (secondary N) is 2. The van der Waals surface area contributed by atoms with E-state index in [1.165, 1.54) is 31.4 Å². The van der Waals surface area contributed by atoms with E-state index in [-0.39, 0.29) is 30.2 Å². The van der Waals surface area contributed by atoms with Crippen LogP contribution in [0.25, 0.3) is 0 Å². The highest BCUT2D eigenvalue weighted by atomic mass is 19.3. The Bertz CT molecular complexity index is 888. The van der Waals surface area contributed by atoms with Crippen LogP contribution in [0.5, 0.6) is 11.5 Å². The molecule has 0 unspecified atom stereocenters. The number of halogens is 2. The number of hydrogen-bond donors (Lipinski definition) is 3. The summed E-state index contributed by atoms with van der Waals surface area (Å²) >= 11 is 0. The molecule has 2 aromatic rings. The fraction of sp³-hybridized carbons (Fsp3) is 0.211. The first-order valence-electron chi connectivity index (χ1n) is 8.36. The number of alkyl halides is 2. The zero-order chi connectivity index (χ0) is 21.4. The number of methoxy groups -OCH3 is 1. The molecule has 3 amide bonds. The van der Waals surface area contributed by atoms with Gasteiger partial charge in [-0.3, -0.25) is 14.4 Å². The summed E-state index contributed by atoms with van der Waals surface area (Å²) in [4.78, 5) is 34.8. The summed E-state index contributed by atoms with van der Waals surface area (Å²) in [5, 5.41) is 5.00. The molecule has 0 fully saturated rings. The molecule has 0 spiro atoms. The Kier molecular flexibility index (Phi) is 7.47. The van der Waals surface area contributed by atoms with Gasteiger partial charge in [0.05, 0.1) is 13.7 Å². The van der Waals surface area contributed by atoms with Crippen molar-refractivity contribution in [2.45, 2.75) is 13.2 Å². The lowest BCUT2D eigenvalue weighted by molar-refractivity contribution is -0.117. The van der Waals surface area contributed by atoms with Crippen LogP contribution in [-0.2, 0) is 11.3 Å². The van der Waals surface area contributed by atoms with Crippen molar-refractivity contribution in [3.05, 3.63) is 59.2 Å². The highest BCUT2D eigenvalue weighted by molar-refractivity contribution is 5.96. The summed E-state index contributed by atoms with van der Waals surface area (Å²) in [7, 11) is 1.30. The van der Waals surface area contributed by atoms with Gasteiger partial charge in [-0.15, -0.1) is 0 Å². The van der Waals surface area contributed by atoms with Crippen LogP contribution in [0.3, 0.4) is 0 Å². The van der Waals surface area contributed by atoms with Gasteiger partial charge in [-0.1, -0.05) is 12.1 Å². The quantitative estimate of drug-likeness (QED) is 0.581. The third-order valence-corrected chi connectivity index (χ3v) is 3.73. The first-order valence-corrected chi connectivity index (χ1v) is 8.36. The maximum Gasteiger partial charge on any atom is 0.387 e. The van der Waals surface area contributed by atoms with Crippen LogP contribution in [0.15, 0.2) is 42.5 Å². The summed E-state index contributed by atoms with van der Waals surface area (Å²) in [6.45, 7) is -3.18. The second-order valence-electron chi connectivity index (χ2n) is 5.77. The summed E-state index contributed by atoms with van der Waals surface area (Å²) in [6.07, 6.45) is 0. The predicted octanol–water partition coefficient (Wildman–Crippen LogP) is 1.44. The van der Waals surface area contributed by atoms with E-state index in [4.69, 9.17) is 10.5 Å². The second kappa shape index (κ2) is 10.0. The van der Waals surface area contributed by atoms with E-state index < -0.39 is 24.3 Å². The summed E-state index contributed by atoms with van der Waals surface area (Å²) in [6, 6.07) is 10.2. The molecule has 0 aromatic heterocycles. The van der Waals surface area contributed by atoms with Crippen molar-refractivity contribution in [2.75, 3.05) is 13.7 Å². The zero-order valence-electron chi connectivity index (χ0n) is 15.4. The summed E-state index contributed by atoms with van der Waals surface area (Å²) < 4.78 is 34.3. The minimum atomic E-state index is -3.05. The second-order valence-corrected chi connectivity index (χ2v) is 5.77. The van der Waals surface area contributed by atoms with Gasteiger partial charge in [0.25, 0.3) is 11.8 Å². The molecule has 29 heavy (non-hydrogen) atoms. The fourth-order valence-corrected chi connectivity index (χ4v) is 2.33. The molecular weight excluding hydrogens is 388 g/mol. The van der Waals surface area contributed by atoms with Crippen LogP contribution in [-0.4, -0.2) is 38.0 Å². The summed E-state index contributed by atoms with van der Waals surface area (Å²) in [5.41, 5.74) is 6.10. The van der Waals surface area contributed by atoms with Gasteiger partial charge in [0, 0.05) is 17.7 Å². The molecule has 0 aliphatic rings. The number of amides is 3. The van der Waals surface area contributed by atoms with Gasteiger partial charge in [0.15, 0.2) is 11.5 Å². The highest BCUT2D eigenvalue weighted by Crippen LogP contribution is 2.29. The van der Waals surface area contributed by atoms with Crippen molar-refractivity contribution in [2.24, 2.45) is 5.73 Å². The van der Waals surface area contributed by atoms with E-state index in [1.807, 2.05) is 0 Å². The standard InChI is InChI=1S/C19H19F2N3O5/c1-28-14-7-6-13(8-15(14)29-19(20)21)18(27)23-9-11-2-4-12(5-3-11)17(26)24-10-16(22)25/h2-8,19H,9-10H2,1H3,(H2,22,25)(H,23,27)(H,24,26). The van der Waals surface area contributed by atoms with Crippen LogP contribution in [0, 0.1) is 0 Å². The molecule has 8 nitrogen and oxygen atoms in total. The molecule has 10 heteroatoms. The van der Waals surface area contributed by atoms with E-state index in [2.05, 4.69) is 15.4 Å². The van der Waals surface area contributed by atoms with Gasteiger partial charge in [-0.25, -0.2) is 0 Å². The van der Waals surface area contributed by atoms with Crippen LogP contribution in [0.1, 0.15) is 26.3 Å². The first-order chi connectivity index (χ1) is 13.8. The number of benzene rings is 2. The predicted molar refractivity (Wildman–Crippen MR) is 98.8 cm³/mol. The van der Waals surface area contributed by atoms with Crippen molar-refractivity contribution in [3.63, 3.8) is 0 Å². The normalized spacial score (nSPS) is 10.3. The molecule has 4 N–H and O–H groups in total. The zero-order valence-corrected chi connectivity index (χ0v) is 15.4. The minimum absolute atomic E-state index is 0.0760. The Hall–Kier alpha value is -3.69. The van der Waals surface area contributed by atoms with Crippen molar-refractivity contribution in [3.8, 4) is 11.5 Å². The average Bonchev–Trinajstić information content (AvgIpc) is 2.70. The van der Waals surface area contributed by atoms with Crippen LogP contribution < -0.4 is 25.8 Å². The maximum atomic E-state index is 12.5. The van der Waals surface area contributed by atoms with Gasteiger partial charge < -0.3 is 25.8 Å². The van der Waals surface area contributed by atoms with E-state index in [0.29, 0.717) is 11.1 Å². The molecule has 0 saturated heterocycles. The van der Waals surface area contributed by atoms with Crippen LogP contribution in [0.4, 0.5) is 8.78 Å². The topological polar surface area (TPSA) is 120 Å². The number of hydrogen-bond acceptors (Lipinski definition) is 5. The molecule has 0 aliphatic carbocycles. The third kappa shape index (κ3) is 6.45. The number of carbonyl (C=O) groups excluding carboxylic acids is 3. The smallest absolute Gasteiger partial charge is 0.387 e. The third-order valence-electron chi connectivity index (χ3n) is 3.73. The van der Waals surface area contributed by atoms with Gasteiger partial charge in [-0.2, -0.15) is 8.78 Å². The average molecular weight is 407 g/mol. The Balaban J connectivity index is 1.98. The lowest BCUT2D eigenvalue weighted by Crippen LogP contribution is -2.33. The summed E-state index contributed by atoms with van der Waals surface area (Å²) in [5.74, 6) is -1.79. The Labute approximate surface area is 165 Å². The molecule has 0 atom stereocenters. The van der Waals surface area contributed by atoms with Crippen molar-refractivity contribution in [1.82, 2.24) is 10.6 Å². The number of rotatable bonds is 9. The number of nitrogens with two attached hydrogens (primary N) is 1. The van der Waals surface area contributed by atoms with Crippen molar-refractivity contribution >= 4 is 17.7 Å². The van der Waals surface area contributed by atoms with E-state index in [1.54, 1.807) is 12.1 Å². The van der Waals surface area contributed by atoms with Crippen LogP contribution >= 0.6 is 0 Å². The molecule has 0 saturated carbocycles. The molecule has 2 rings (SSSR count). The monoisotopic (exact) mass is 407 g/mol. The number of primary amides is 1. The maximum absolute atomic E-state index is 12.5. The fourth-order valence-electron chi connectivity index (χ4n) is 2.33. The highest BCUT2D eigenvalue weighted by Gasteiger charge is 2.14. The number of carbonyl (C=O) groups is 3. The van der Waals surface area contributed by atoms with Crippen LogP contribution in [0.2, 0.25) is 0 Å². The van der Waals surface area contributed by atoms with Gasteiger partial charge in [0.2, 0.25) is 5.91 Å². The van der Waals surface area contributed by atoms with E-state index >= 15 is 0 Å². The largest absolute Gasteiger partial charge is 0.493 e. The van der Waals surface area contributed by atoms with E-state index in [0.717, 1.165) is 6.07 Å². The van der Waals surface area contributed by atoms with Gasteiger partial charge in [-0.05, 0) is 35.9 Å². The number of ether oxygens (including phenoxy) is 2.